The number of fused-ring (bicyclic) bond motifs is 1. The Labute approximate surface area is 210 Å². The Morgan fingerprint density at radius 2 is 1.29 bits per heavy atom. The van der Waals surface area contributed by atoms with E-state index in [1.807, 2.05) is 49.4 Å². The lowest BCUT2D eigenvalue weighted by Gasteiger charge is -2.07. The molecule has 0 fully saturated rings. The van der Waals surface area contributed by atoms with Crippen molar-refractivity contribution in [1.82, 2.24) is 0 Å². The van der Waals surface area contributed by atoms with E-state index in [1.54, 1.807) is 6.07 Å². The van der Waals surface area contributed by atoms with Gasteiger partial charge in [-0.05, 0) is 72.9 Å². The fraction of sp³-hybridized carbons (Fsp3) is 0.294. The molecule has 0 aliphatic carbocycles. The summed E-state index contributed by atoms with van der Waals surface area (Å²) in [5, 5.41) is 1.56. The first-order chi connectivity index (χ1) is 17.1. The molecule has 0 heterocycles. The third kappa shape index (κ3) is 7.06. The predicted octanol–water partition coefficient (Wildman–Crippen LogP) is 8.99. The third-order valence-electron chi connectivity index (χ3n) is 6.71. The Balaban J connectivity index is 1.37. The van der Waals surface area contributed by atoms with Gasteiger partial charge < -0.3 is 0 Å². The molecule has 4 rings (SSSR count). The first-order valence-corrected chi connectivity index (χ1v) is 13.0. The fourth-order valence-electron chi connectivity index (χ4n) is 4.46. The van der Waals surface area contributed by atoms with E-state index >= 15 is 4.39 Å². The average Bonchev–Trinajstić information content (AvgIpc) is 2.88. The molecule has 0 saturated heterocycles. The van der Waals surface area contributed by atoms with Gasteiger partial charge in [-0.2, -0.15) is 0 Å². The van der Waals surface area contributed by atoms with Crippen LogP contribution < -0.4 is 0 Å². The molecule has 0 aromatic heterocycles. The van der Waals surface area contributed by atoms with Crippen molar-refractivity contribution in [3.05, 3.63) is 118 Å². The monoisotopic (exact) mass is 462 g/mol. The molecule has 0 nitrogen and oxygen atoms in total. The van der Waals surface area contributed by atoms with Gasteiger partial charge in [0.05, 0.1) is 5.56 Å². The molecule has 0 spiro atoms. The van der Waals surface area contributed by atoms with Crippen molar-refractivity contribution in [2.24, 2.45) is 0 Å². The molecule has 4 aromatic carbocycles. The van der Waals surface area contributed by atoms with E-state index in [2.05, 4.69) is 49.1 Å². The van der Waals surface area contributed by atoms with E-state index in [0.29, 0.717) is 10.9 Å². The normalized spacial score (nSPS) is 10.8. The van der Waals surface area contributed by atoms with Crippen LogP contribution in [0.1, 0.15) is 72.4 Å². The second-order valence-corrected chi connectivity index (χ2v) is 9.58. The molecule has 0 aliphatic rings. The number of aryl methyl sites for hydroxylation is 4. The number of hydrogen-bond donors (Lipinski definition) is 0. The minimum atomic E-state index is -0.237. The number of benzene rings is 4. The highest BCUT2D eigenvalue weighted by Gasteiger charge is 2.07. The molecule has 4 aromatic rings. The zero-order valence-corrected chi connectivity index (χ0v) is 21.0. The maximum atomic E-state index is 15.1. The zero-order chi connectivity index (χ0) is 24.5. The standard InChI is InChI=1S/C34H35F/c1-3-4-5-6-7-8-27-13-15-29(16-14-27)17-18-30-20-24-33-32(25-30)23-22-31(34(33)35)21-19-28-11-9-26(2)10-12-28/h9-16,20,22-25H,3-8,17-18H2,1-2H3. The Hall–Kier alpha value is -3.37. The van der Waals surface area contributed by atoms with Gasteiger partial charge >= 0.3 is 0 Å². The smallest absolute Gasteiger partial charge is 0.146 e. The van der Waals surface area contributed by atoms with Crippen molar-refractivity contribution in [1.29, 1.82) is 0 Å². The van der Waals surface area contributed by atoms with Gasteiger partial charge in [-0.1, -0.05) is 111 Å². The summed E-state index contributed by atoms with van der Waals surface area (Å²) in [6.07, 6.45) is 9.73. The van der Waals surface area contributed by atoms with E-state index in [-0.39, 0.29) is 5.82 Å². The van der Waals surface area contributed by atoms with Crippen molar-refractivity contribution in [3.63, 3.8) is 0 Å². The highest BCUT2D eigenvalue weighted by atomic mass is 19.1. The van der Waals surface area contributed by atoms with Crippen LogP contribution >= 0.6 is 0 Å². The Bertz CT molecular complexity index is 1300. The van der Waals surface area contributed by atoms with Gasteiger partial charge in [-0.15, -0.1) is 0 Å². The molecule has 0 N–H and O–H groups in total. The maximum Gasteiger partial charge on any atom is 0.146 e. The van der Waals surface area contributed by atoms with Gasteiger partial charge in [0, 0.05) is 10.9 Å². The van der Waals surface area contributed by atoms with Crippen LogP contribution in [0.15, 0.2) is 78.9 Å². The van der Waals surface area contributed by atoms with Crippen molar-refractivity contribution in [3.8, 4) is 11.8 Å². The molecule has 0 amide bonds. The third-order valence-corrected chi connectivity index (χ3v) is 6.71. The summed E-state index contributed by atoms with van der Waals surface area (Å²) < 4.78 is 15.1. The summed E-state index contributed by atoms with van der Waals surface area (Å²) >= 11 is 0. The molecule has 0 unspecified atom stereocenters. The highest BCUT2D eigenvalue weighted by molar-refractivity contribution is 5.85. The number of hydrogen-bond acceptors (Lipinski definition) is 0. The van der Waals surface area contributed by atoms with E-state index in [1.165, 1.54) is 60.8 Å². The highest BCUT2D eigenvalue weighted by Crippen LogP contribution is 2.23. The lowest BCUT2D eigenvalue weighted by molar-refractivity contribution is 0.632. The first kappa shape index (κ1) is 24.7. The van der Waals surface area contributed by atoms with E-state index in [9.17, 15) is 0 Å². The van der Waals surface area contributed by atoms with Gasteiger partial charge in [0.1, 0.15) is 5.82 Å². The van der Waals surface area contributed by atoms with Crippen LogP contribution in [0.2, 0.25) is 0 Å². The first-order valence-electron chi connectivity index (χ1n) is 13.0. The molecule has 0 aliphatic heterocycles. The summed E-state index contributed by atoms with van der Waals surface area (Å²) in [6, 6.07) is 26.9. The molecule has 0 bridgehead atoms. The molecule has 0 saturated carbocycles. The number of rotatable bonds is 9. The van der Waals surface area contributed by atoms with Gasteiger partial charge in [-0.3, -0.25) is 0 Å². The van der Waals surface area contributed by atoms with Crippen molar-refractivity contribution in [2.45, 2.75) is 65.2 Å². The molecule has 0 radical (unpaired) electrons. The predicted molar refractivity (Wildman–Crippen MR) is 147 cm³/mol. The minimum Gasteiger partial charge on any atom is -0.205 e. The van der Waals surface area contributed by atoms with Gasteiger partial charge in [0.15, 0.2) is 0 Å². The van der Waals surface area contributed by atoms with Gasteiger partial charge in [-0.25, -0.2) is 4.39 Å². The van der Waals surface area contributed by atoms with Crippen LogP contribution in [0.25, 0.3) is 10.8 Å². The van der Waals surface area contributed by atoms with Crippen LogP contribution in [0.3, 0.4) is 0 Å². The van der Waals surface area contributed by atoms with E-state index in [4.69, 9.17) is 0 Å². The Morgan fingerprint density at radius 1 is 0.629 bits per heavy atom. The molecule has 0 atom stereocenters. The van der Waals surface area contributed by atoms with Crippen LogP contribution in [0, 0.1) is 24.6 Å². The van der Waals surface area contributed by atoms with Crippen molar-refractivity contribution in [2.75, 3.05) is 0 Å². The molecule has 1 heteroatoms. The quantitative estimate of drug-likeness (QED) is 0.172. The Kier molecular flexibility index (Phi) is 8.74. The van der Waals surface area contributed by atoms with Crippen molar-refractivity contribution < 1.29 is 4.39 Å². The summed E-state index contributed by atoms with van der Waals surface area (Å²) in [5.74, 6) is 5.84. The van der Waals surface area contributed by atoms with Crippen LogP contribution in [0.5, 0.6) is 0 Å². The maximum absolute atomic E-state index is 15.1. The summed E-state index contributed by atoms with van der Waals surface area (Å²) in [7, 11) is 0. The largest absolute Gasteiger partial charge is 0.205 e. The molecular formula is C34H35F. The minimum absolute atomic E-state index is 0.237. The topological polar surface area (TPSA) is 0 Å². The number of unbranched alkanes of at least 4 members (excludes halogenated alkanes) is 4. The number of halogens is 1. The second-order valence-electron chi connectivity index (χ2n) is 9.58. The second kappa shape index (κ2) is 12.4. The lowest BCUT2D eigenvalue weighted by atomic mass is 9.98. The summed E-state index contributed by atoms with van der Waals surface area (Å²) in [6.45, 7) is 4.30. The fourth-order valence-corrected chi connectivity index (χ4v) is 4.46. The van der Waals surface area contributed by atoms with Crippen LogP contribution in [-0.4, -0.2) is 0 Å². The lowest BCUT2D eigenvalue weighted by Crippen LogP contribution is -1.94. The van der Waals surface area contributed by atoms with E-state index in [0.717, 1.165) is 23.8 Å². The van der Waals surface area contributed by atoms with Gasteiger partial charge in [0.25, 0.3) is 0 Å². The summed E-state index contributed by atoms with van der Waals surface area (Å²) in [5.41, 5.74) is 6.55. The SMILES string of the molecule is CCCCCCCc1ccc(CCc2ccc3c(F)c(C#Cc4ccc(C)cc4)ccc3c2)cc1. The summed E-state index contributed by atoms with van der Waals surface area (Å²) in [4.78, 5) is 0. The van der Waals surface area contributed by atoms with Crippen LogP contribution in [-0.2, 0) is 19.3 Å². The van der Waals surface area contributed by atoms with E-state index < -0.39 is 0 Å². The molecular weight excluding hydrogens is 427 g/mol. The molecule has 35 heavy (non-hydrogen) atoms. The average molecular weight is 463 g/mol. The zero-order valence-electron chi connectivity index (χ0n) is 21.0. The van der Waals surface area contributed by atoms with Crippen LogP contribution in [0.4, 0.5) is 4.39 Å². The van der Waals surface area contributed by atoms with Crippen molar-refractivity contribution >= 4 is 10.8 Å². The molecule has 178 valence electrons. The Morgan fingerprint density at radius 3 is 2.03 bits per heavy atom. The van der Waals surface area contributed by atoms with Gasteiger partial charge in [0.2, 0.25) is 0 Å².